The molecule has 0 aliphatic rings. The number of rotatable bonds is 40. The normalized spacial score (nSPS) is 15.0. The predicted molar refractivity (Wildman–Crippen MR) is 314 cm³/mol. The van der Waals surface area contributed by atoms with Gasteiger partial charge in [-0.3, -0.25) is 52.7 Å². The molecule has 0 aliphatic heterocycles. The van der Waals surface area contributed by atoms with E-state index in [0.29, 0.717) is 12.8 Å². The van der Waals surface area contributed by atoms with Crippen LogP contribution in [0.5, 0.6) is 0 Å². The Morgan fingerprint density at radius 2 is 0.706 bits per heavy atom. The van der Waals surface area contributed by atoms with Crippen molar-refractivity contribution in [1.82, 2.24) is 58.5 Å². The lowest BCUT2D eigenvalue weighted by Crippen LogP contribution is -2.65. The SMILES string of the molecule is CCCCCCCC(=O)NC(C)(C)C(=O)N[C@@H](CO)C(=O)N[C@@H](CC(C)C)C(=O)NC(C)(C)C(=O)N[C@@H](CO)C(=O)N[C@@H](CO)C(=O)N[C@@H](CC(C)C)C(=O)NC(C)(C)C(=O)N[C@@H](CO)C(=O)N[C@H](C(=O)N[C@@H](CC(C)C)C(=O)OC)[C@@H](C)CC. The third kappa shape index (κ3) is 28.0. The van der Waals surface area contributed by atoms with Crippen LogP contribution in [0.15, 0.2) is 0 Å². The van der Waals surface area contributed by atoms with Crippen LogP contribution in [0.25, 0.3) is 0 Å². The monoisotopic (exact) mass is 1210 g/mol. The molecule has 0 saturated carbocycles. The molecule has 0 aromatic rings. The number of nitrogens with one attached hydrogen (secondary N) is 11. The highest BCUT2D eigenvalue weighted by molar-refractivity contribution is 6.00. The summed E-state index contributed by atoms with van der Waals surface area (Å²) in [5.74, 6) is -11.6. The topological polar surface area (TPSA) is 427 Å². The highest BCUT2D eigenvalue weighted by atomic mass is 16.5. The molecule has 0 aromatic heterocycles. The Hall–Kier alpha value is -6.52. The molecule has 0 bridgehead atoms. The first-order chi connectivity index (χ1) is 39.4. The lowest BCUT2D eigenvalue weighted by molar-refractivity contribution is -0.146. The molecule has 9 atom stereocenters. The average Bonchev–Trinajstić information content (AvgIpc) is 3.48. The van der Waals surface area contributed by atoms with Gasteiger partial charge < -0.3 is 83.6 Å². The Kier molecular flexibility index (Phi) is 34.9. The van der Waals surface area contributed by atoms with E-state index in [0.717, 1.165) is 25.7 Å². The fourth-order valence-corrected chi connectivity index (χ4v) is 8.32. The number of hydrogen-bond donors (Lipinski definition) is 15. The van der Waals surface area contributed by atoms with E-state index in [1.165, 1.54) is 48.7 Å². The number of hydrogen-bond acceptors (Lipinski definition) is 17. The van der Waals surface area contributed by atoms with Gasteiger partial charge >= 0.3 is 5.97 Å². The van der Waals surface area contributed by atoms with E-state index < -0.39 is 162 Å². The second-order valence-electron chi connectivity index (χ2n) is 24.4. The number of esters is 1. The highest BCUT2D eigenvalue weighted by Crippen LogP contribution is 2.15. The minimum Gasteiger partial charge on any atom is -0.467 e. The van der Waals surface area contributed by atoms with Gasteiger partial charge in [-0.15, -0.1) is 0 Å². The van der Waals surface area contributed by atoms with Crippen LogP contribution in [0, 0.1) is 23.7 Å². The lowest BCUT2D eigenvalue weighted by atomic mass is 9.96. The zero-order chi connectivity index (χ0) is 65.7. The zero-order valence-electron chi connectivity index (χ0n) is 52.9. The molecule has 0 unspecified atom stereocenters. The van der Waals surface area contributed by atoms with Gasteiger partial charge in [-0.25, -0.2) is 4.79 Å². The van der Waals surface area contributed by atoms with Crippen molar-refractivity contribution in [1.29, 1.82) is 0 Å². The van der Waals surface area contributed by atoms with E-state index >= 15 is 0 Å². The van der Waals surface area contributed by atoms with Crippen LogP contribution in [0.3, 0.4) is 0 Å². The molecule has 0 aromatic carbocycles. The summed E-state index contributed by atoms with van der Waals surface area (Å²) in [4.78, 5) is 161. The summed E-state index contributed by atoms with van der Waals surface area (Å²) in [6.07, 6.45) is 5.32. The van der Waals surface area contributed by atoms with Gasteiger partial charge in [0.2, 0.25) is 65.0 Å². The fourth-order valence-electron chi connectivity index (χ4n) is 8.32. The summed E-state index contributed by atoms with van der Waals surface area (Å²) in [7, 11) is 1.17. The van der Waals surface area contributed by atoms with Gasteiger partial charge in [-0.2, -0.15) is 0 Å². The highest BCUT2D eigenvalue weighted by Gasteiger charge is 2.41. The summed E-state index contributed by atoms with van der Waals surface area (Å²) < 4.78 is 4.84. The Labute approximate surface area is 500 Å². The van der Waals surface area contributed by atoms with Crippen molar-refractivity contribution in [2.75, 3.05) is 33.5 Å². The van der Waals surface area contributed by atoms with Crippen LogP contribution >= 0.6 is 0 Å². The molecule has 0 saturated heterocycles. The van der Waals surface area contributed by atoms with Crippen molar-refractivity contribution in [3.8, 4) is 0 Å². The summed E-state index contributed by atoms with van der Waals surface area (Å²) in [5, 5.41) is 67.9. The first kappa shape index (κ1) is 78.5. The van der Waals surface area contributed by atoms with Crippen LogP contribution < -0.4 is 58.5 Å². The lowest BCUT2D eigenvalue weighted by Gasteiger charge is -2.32. The zero-order valence-corrected chi connectivity index (χ0v) is 52.9. The number of ether oxygens (including phenoxy) is 1. The molecule has 28 heteroatoms. The Bertz CT molecular complexity index is 2240. The molecule has 0 fully saturated rings. The van der Waals surface area contributed by atoms with Crippen molar-refractivity contribution in [2.45, 2.75) is 233 Å². The number of carbonyl (C=O) groups is 12. The maximum atomic E-state index is 13.9. The predicted octanol–water partition coefficient (Wildman–Crippen LogP) is -1.76. The molecular formula is C57H103N11O17. The quantitative estimate of drug-likeness (QED) is 0.0239. The Morgan fingerprint density at radius 3 is 1.05 bits per heavy atom. The van der Waals surface area contributed by atoms with Gasteiger partial charge in [0.25, 0.3) is 0 Å². The summed E-state index contributed by atoms with van der Waals surface area (Å²) >= 11 is 0. The first-order valence-corrected chi connectivity index (χ1v) is 29.3. The molecule has 488 valence electrons. The molecule has 15 N–H and O–H groups in total. The van der Waals surface area contributed by atoms with Gasteiger partial charge in [0.15, 0.2) is 0 Å². The molecule has 0 aliphatic carbocycles. The van der Waals surface area contributed by atoms with Gasteiger partial charge in [-0.1, -0.05) is 94.4 Å². The Morgan fingerprint density at radius 1 is 0.388 bits per heavy atom. The van der Waals surface area contributed by atoms with Crippen LogP contribution in [0.4, 0.5) is 0 Å². The van der Waals surface area contributed by atoms with Gasteiger partial charge in [0.05, 0.1) is 33.5 Å². The number of aliphatic hydroxyl groups is 4. The molecular weight excluding hydrogens is 1110 g/mol. The van der Waals surface area contributed by atoms with Gasteiger partial charge in [0.1, 0.15) is 65.0 Å². The number of methoxy groups -OCH3 is 1. The Balaban J connectivity index is 6.09. The summed E-state index contributed by atoms with van der Waals surface area (Å²) in [6, 6.07) is -11.8. The molecule has 11 amide bonds. The molecule has 28 nitrogen and oxygen atoms in total. The van der Waals surface area contributed by atoms with Crippen molar-refractivity contribution in [3.05, 3.63) is 0 Å². The average molecular weight is 1210 g/mol. The molecule has 0 heterocycles. The van der Waals surface area contributed by atoms with Crippen molar-refractivity contribution in [2.24, 2.45) is 23.7 Å². The van der Waals surface area contributed by atoms with E-state index in [4.69, 9.17) is 4.74 Å². The van der Waals surface area contributed by atoms with E-state index in [1.807, 2.05) is 13.8 Å². The molecule has 85 heavy (non-hydrogen) atoms. The van der Waals surface area contributed by atoms with Gasteiger partial charge in [0, 0.05) is 6.42 Å². The largest absolute Gasteiger partial charge is 0.467 e. The van der Waals surface area contributed by atoms with Crippen LogP contribution in [-0.4, -0.2) is 190 Å². The van der Waals surface area contributed by atoms with Crippen molar-refractivity contribution < 1.29 is 82.7 Å². The molecule has 0 radical (unpaired) electrons. The van der Waals surface area contributed by atoms with Crippen LogP contribution in [-0.2, 0) is 62.3 Å². The number of carbonyl (C=O) groups excluding carboxylic acids is 12. The molecule has 0 rings (SSSR count). The second-order valence-corrected chi connectivity index (χ2v) is 24.4. The summed E-state index contributed by atoms with van der Waals surface area (Å²) in [5.41, 5.74) is -5.19. The van der Waals surface area contributed by atoms with E-state index in [1.54, 1.807) is 41.5 Å². The van der Waals surface area contributed by atoms with E-state index in [2.05, 4.69) is 65.4 Å². The number of unbranched alkanes of at least 4 members (excludes halogenated alkanes) is 4. The smallest absolute Gasteiger partial charge is 0.328 e. The third-order valence-electron chi connectivity index (χ3n) is 13.7. The van der Waals surface area contributed by atoms with Gasteiger partial charge in [-0.05, 0) is 90.9 Å². The van der Waals surface area contributed by atoms with E-state index in [-0.39, 0.29) is 49.3 Å². The summed E-state index contributed by atoms with van der Waals surface area (Å²) in [6.45, 7) is 20.1. The van der Waals surface area contributed by atoms with Crippen molar-refractivity contribution in [3.63, 3.8) is 0 Å². The number of aliphatic hydroxyl groups excluding tert-OH is 4. The van der Waals surface area contributed by atoms with Crippen LogP contribution in [0.2, 0.25) is 0 Å². The van der Waals surface area contributed by atoms with Crippen molar-refractivity contribution >= 4 is 70.9 Å². The molecule has 0 spiro atoms. The minimum absolute atomic E-state index is 0.0104. The fraction of sp³-hybridized carbons (Fsp3) is 0.789. The maximum Gasteiger partial charge on any atom is 0.328 e. The standard InChI is InChI=1S/C57H103N11O17/c1-17-19-20-21-22-23-42(73)66-55(10,11)52(82)62-39(28-70)45(75)59-36(25-32(5)6)49(79)68-56(12,13)53(83)63-40(29-71)46(76)61-38(27-69)44(74)58-35(24-31(3)4)48(78)67-57(14,15)54(84)64-41(30-72)47(77)65-43(34(9)18-2)50(80)60-37(26-33(7)8)51(81)85-16/h31-41,43,69-72H,17-30H2,1-16H3,(H,58,74)(H,59,75)(H,60,80)(H,61,76)(H,62,82)(H,63,83)(H,64,84)(H,65,77)(H,66,73)(H,67,78)(H,68,79)/t34-,35-,36-,37-,38-,39-,40-,41-,43-/m0/s1. The third-order valence-corrected chi connectivity index (χ3v) is 13.7. The van der Waals surface area contributed by atoms with Crippen LogP contribution in [0.1, 0.15) is 168 Å². The van der Waals surface area contributed by atoms with E-state index in [9.17, 15) is 78.0 Å². The first-order valence-electron chi connectivity index (χ1n) is 29.3. The maximum absolute atomic E-state index is 13.9. The second kappa shape index (κ2) is 37.8. The number of amides is 11. The minimum atomic E-state index is -1.87.